The number of fused-ring (bicyclic) bond motifs is 2. The molecule has 0 saturated carbocycles. The van der Waals surface area contributed by atoms with E-state index in [0.29, 0.717) is 65.6 Å². The first-order valence-corrected chi connectivity index (χ1v) is 13.9. The van der Waals surface area contributed by atoms with Crippen LogP contribution in [0.4, 0.5) is 0 Å². The fraction of sp³-hybridized carbons (Fsp3) is 0.353. The van der Waals surface area contributed by atoms with E-state index in [9.17, 15) is 19.8 Å². The molecular formula is C34H38O6. The maximum atomic E-state index is 12.2. The number of hydrogen-bond acceptors (Lipinski definition) is 6. The summed E-state index contributed by atoms with van der Waals surface area (Å²) in [7, 11) is 0. The summed E-state index contributed by atoms with van der Waals surface area (Å²) in [5.74, 6) is -0.537. The van der Waals surface area contributed by atoms with E-state index in [0.717, 1.165) is 36.0 Å². The lowest BCUT2D eigenvalue weighted by Crippen LogP contribution is -2.45. The third-order valence-corrected chi connectivity index (χ3v) is 7.35. The zero-order valence-corrected chi connectivity index (χ0v) is 24.0. The lowest BCUT2D eigenvalue weighted by atomic mass is 9.88. The Kier molecular flexibility index (Phi) is 8.67. The van der Waals surface area contributed by atoms with E-state index < -0.39 is 5.79 Å². The minimum atomic E-state index is -1.30. The second kappa shape index (κ2) is 12.0. The topological polar surface area (TPSA) is 93.1 Å². The summed E-state index contributed by atoms with van der Waals surface area (Å²) in [5.41, 5.74) is 5.53. The molecule has 2 heterocycles. The van der Waals surface area contributed by atoms with Crippen LogP contribution >= 0.6 is 0 Å². The van der Waals surface area contributed by atoms with Crippen LogP contribution in [0.2, 0.25) is 0 Å². The Labute approximate surface area is 236 Å². The summed E-state index contributed by atoms with van der Waals surface area (Å²) < 4.78 is 13.2. The fourth-order valence-corrected chi connectivity index (χ4v) is 5.08. The van der Waals surface area contributed by atoms with Crippen LogP contribution in [0.3, 0.4) is 0 Å². The highest BCUT2D eigenvalue weighted by Crippen LogP contribution is 2.48. The quantitative estimate of drug-likeness (QED) is 0.180. The highest BCUT2D eigenvalue weighted by atomic mass is 16.7. The van der Waals surface area contributed by atoms with Crippen LogP contribution in [-0.2, 0) is 12.8 Å². The van der Waals surface area contributed by atoms with Crippen LogP contribution in [0, 0.1) is 0 Å². The van der Waals surface area contributed by atoms with Gasteiger partial charge in [0.05, 0.1) is 11.1 Å². The number of carbonyl (C=O) groups is 2. The largest absolute Gasteiger partial charge is 0.507 e. The monoisotopic (exact) mass is 542 g/mol. The molecule has 1 atom stereocenters. The molecule has 0 bridgehead atoms. The van der Waals surface area contributed by atoms with Gasteiger partial charge < -0.3 is 19.7 Å². The number of phenols is 2. The van der Waals surface area contributed by atoms with Crippen molar-refractivity contribution in [2.24, 2.45) is 0 Å². The average molecular weight is 543 g/mol. The molecule has 2 aromatic carbocycles. The van der Waals surface area contributed by atoms with E-state index in [1.807, 2.05) is 45.9 Å². The number of ether oxygens (including phenoxy) is 2. The molecule has 1 unspecified atom stereocenters. The Morgan fingerprint density at radius 1 is 0.825 bits per heavy atom. The number of aromatic hydroxyl groups is 2. The molecule has 1 spiro atoms. The second-order valence-electron chi connectivity index (χ2n) is 11.0. The number of allylic oxidation sites excluding steroid dienone is 4. The van der Waals surface area contributed by atoms with E-state index in [1.54, 1.807) is 24.3 Å². The van der Waals surface area contributed by atoms with Crippen molar-refractivity contribution in [2.45, 2.75) is 78.9 Å². The maximum Gasteiger partial charge on any atom is 0.294 e. The lowest BCUT2D eigenvalue weighted by molar-refractivity contribution is -0.0441. The first kappa shape index (κ1) is 28.9. The number of carbonyl (C=O) groups excluding carboxylic acids is 2. The zero-order chi connectivity index (χ0) is 29.0. The fourth-order valence-electron chi connectivity index (χ4n) is 5.08. The molecule has 4 rings (SSSR count). The third-order valence-electron chi connectivity index (χ3n) is 7.35. The molecule has 40 heavy (non-hydrogen) atoms. The standard InChI is InChI=1S/C34H38O6/c1-6-7-8-9-25-18-27-29(20-36)33(38)24(13-11-22(4)5)17-31(27)40-34(25)15-14-26-28(19-35)32(37)23(12-10-21(2)3)16-30(26)39-34/h10-11,14-20,37-38H,6-9,12-13H2,1-5H3. The van der Waals surface area contributed by atoms with Gasteiger partial charge in [0.2, 0.25) is 0 Å². The van der Waals surface area contributed by atoms with Gasteiger partial charge in [-0.05, 0) is 77.7 Å². The van der Waals surface area contributed by atoms with Gasteiger partial charge in [0, 0.05) is 33.9 Å². The number of benzene rings is 2. The van der Waals surface area contributed by atoms with Crippen LogP contribution in [0.25, 0.3) is 12.2 Å². The normalized spacial score (nSPS) is 16.7. The van der Waals surface area contributed by atoms with E-state index in [-0.39, 0.29) is 22.6 Å². The first-order valence-electron chi connectivity index (χ1n) is 13.9. The van der Waals surface area contributed by atoms with Crippen LogP contribution < -0.4 is 9.47 Å². The van der Waals surface area contributed by atoms with E-state index in [2.05, 4.69) is 6.92 Å². The van der Waals surface area contributed by atoms with E-state index in [1.165, 1.54) is 0 Å². The molecule has 6 nitrogen and oxygen atoms in total. The van der Waals surface area contributed by atoms with Crippen molar-refractivity contribution in [1.29, 1.82) is 0 Å². The summed E-state index contributed by atoms with van der Waals surface area (Å²) in [4.78, 5) is 24.2. The van der Waals surface area contributed by atoms with Gasteiger partial charge in [-0.1, -0.05) is 43.1 Å². The van der Waals surface area contributed by atoms with Crippen LogP contribution in [0.5, 0.6) is 23.0 Å². The van der Waals surface area contributed by atoms with Crippen molar-refractivity contribution in [3.63, 3.8) is 0 Å². The summed E-state index contributed by atoms with van der Waals surface area (Å²) in [6.07, 6.45) is 15.2. The minimum absolute atomic E-state index is 0.0459. The smallest absolute Gasteiger partial charge is 0.294 e. The number of rotatable bonds is 10. The third kappa shape index (κ3) is 5.62. The molecule has 210 valence electrons. The van der Waals surface area contributed by atoms with E-state index >= 15 is 0 Å². The average Bonchev–Trinajstić information content (AvgIpc) is 2.91. The zero-order valence-electron chi connectivity index (χ0n) is 24.0. The molecule has 0 radical (unpaired) electrons. The SMILES string of the molecule is CCCCCC1=Cc2c(cc(CC=C(C)C)c(O)c2C=O)OC12C=Cc1c(cc(CC=C(C)C)c(O)c1C=O)O2. The number of phenolic OH excluding ortho intramolecular Hbond substituents is 2. The lowest BCUT2D eigenvalue weighted by Gasteiger charge is -2.40. The summed E-state index contributed by atoms with van der Waals surface area (Å²) in [6, 6.07) is 3.53. The summed E-state index contributed by atoms with van der Waals surface area (Å²) in [6.45, 7) is 10.0. The van der Waals surface area contributed by atoms with Gasteiger partial charge in [0.15, 0.2) is 12.6 Å². The number of unbranched alkanes of at least 4 members (excludes halogenated alkanes) is 2. The number of hydrogen-bond donors (Lipinski definition) is 2. The summed E-state index contributed by atoms with van der Waals surface area (Å²) in [5, 5.41) is 21.8. The van der Waals surface area contributed by atoms with Crippen molar-refractivity contribution in [2.75, 3.05) is 0 Å². The number of aldehydes is 2. The van der Waals surface area contributed by atoms with Gasteiger partial charge in [-0.15, -0.1) is 0 Å². The highest BCUT2D eigenvalue weighted by molar-refractivity contribution is 5.91. The van der Waals surface area contributed by atoms with Crippen molar-refractivity contribution in [3.05, 3.63) is 80.5 Å². The molecule has 6 heteroatoms. The Morgan fingerprint density at radius 2 is 1.35 bits per heavy atom. The van der Waals surface area contributed by atoms with Gasteiger partial charge in [0.25, 0.3) is 5.79 Å². The van der Waals surface area contributed by atoms with Crippen LogP contribution in [-0.4, -0.2) is 28.6 Å². The van der Waals surface area contributed by atoms with Crippen molar-refractivity contribution < 1.29 is 29.3 Å². The molecule has 2 aromatic rings. The molecule has 0 aliphatic carbocycles. The van der Waals surface area contributed by atoms with Gasteiger partial charge in [-0.2, -0.15) is 0 Å². The first-order chi connectivity index (χ1) is 19.1. The van der Waals surface area contributed by atoms with Gasteiger partial charge in [-0.3, -0.25) is 9.59 Å². The second-order valence-corrected chi connectivity index (χ2v) is 11.0. The minimum Gasteiger partial charge on any atom is -0.507 e. The molecule has 2 aliphatic heterocycles. The molecular weight excluding hydrogens is 504 g/mol. The predicted molar refractivity (Wildman–Crippen MR) is 158 cm³/mol. The van der Waals surface area contributed by atoms with Crippen LogP contribution in [0.15, 0.2) is 47.1 Å². The Bertz CT molecular complexity index is 1440. The van der Waals surface area contributed by atoms with Gasteiger partial charge in [-0.25, -0.2) is 0 Å². The molecule has 0 aromatic heterocycles. The molecule has 2 N–H and O–H groups in total. The maximum absolute atomic E-state index is 12.2. The van der Waals surface area contributed by atoms with Crippen molar-refractivity contribution in [1.82, 2.24) is 0 Å². The van der Waals surface area contributed by atoms with Gasteiger partial charge >= 0.3 is 0 Å². The molecule has 2 aliphatic rings. The summed E-state index contributed by atoms with van der Waals surface area (Å²) >= 11 is 0. The molecule has 0 saturated heterocycles. The van der Waals surface area contributed by atoms with Gasteiger partial charge in [0.1, 0.15) is 23.0 Å². The Morgan fingerprint density at radius 3 is 1.85 bits per heavy atom. The Hall–Kier alpha value is -4.06. The van der Waals surface area contributed by atoms with Crippen molar-refractivity contribution >= 4 is 24.7 Å². The highest BCUT2D eigenvalue weighted by Gasteiger charge is 2.43. The molecule has 0 amide bonds. The van der Waals surface area contributed by atoms with Crippen LogP contribution in [0.1, 0.15) is 103 Å². The Balaban J connectivity index is 1.87. The van der Waals surface area contributed by atoms with Crippen molar-refractivity contribution in [3.8, 4) is 23.0 Å². The predicted octanol–water partition coefficient (Wildman–Crippen LogP) is 7.90. The molecule has 0 fully saturated rings. The van der Waals surface area contributed by atoms with E-state index in [4.69, 9.17) is 9.47 Å².